The molecular formula is C14H21FN2O. The zero-order chi connectivity index (χ0) is 12.8. The van der Waals surface area contributed by atoms with Gasteiger partial charge in [0.05, 0.1) is 6.20 Å². The van der Waals surface area contributed by atoms with E-state index < -0.39 is 0 Å². The summed E-state index contributed by atoms with van der Waals surface area (Å²) in [6, 6.07) is 1.86. The lowest BCUT2D eigenvalue weighted by Crippen LogP contribution is -2.27. The summed E-state index contributed by atoms with van der Waals surface area (Å²) in [4.78, 5) is 3.81. The minimum absolute atomic E-state index is 0.0844. The Morgan fingerprint density at radius 2 is 2.28 bits per heavy atom. The van der Waals surface area contributed by atoms with Gasteiger partial charge in [0.2, 0.25) is 0 Å². The van der Waals surface area contributed by atoms with E-state index in [1.807, 2.05) is 0 Å². The quantitative estimate of drug-likeness (QED) is 0.875. The van der Waals surface area contributed by atoms with Crippen molar-refractivity contribution in [1.82, 2.24) is 10.3 Å². The third kappa shape index (κ3) is 3.50. The van der Waals surface area contributed by atoms with Crippen LogP contribution in [0.3, 0.4) is 0 Å². The monoisotopic (exact) mass is 252 g/mol. The van der Waals surface area contributed by atoms with Crippen molar-refractivity contribution in [2.45, 2.75) is 32.2 Å². The first-order chi connectivity index (χ1) is 8.81. The van der Waals surface area contributed by atoms with Crippen molar-refractivity contribution in [2.75, 3.05) is 19.8 Å². The molecular weight excluding hydrogens is 231 g/mol. The smallest absolute Gasteiger partial charge is 0.146 e. The van der Waals surface area contributed by atoms with Crippen LogP contribution in [0.25, 0.3) is 0 Å². The van der Waals surface area contributed by atoms with Crippen LogP contribution in [-0.2, 0) is 4.74 Å². The van der Waals surface area contributed by atoms with Gasteiger partial charge in [0, 0.05) is 31.0 Å². The van der Waals surface area contributed by atoms with E-state index in [4.69, 9.17) is 4.74 Å². The van der Waals surface area contributed by atoms with Gasteiger partial charge in [-0.2, -0.15) is 0 Å². The molecule has 0 aliphatic carbocycles. The fourth-order valence-corrected chi connectivity index (χ4v) is 2.55. The SMILES string of the molecule is CCNC(CC1CCOCC1)c1ccncc1F. The minimum atomic E-state index is -0.212. The van der Waals surface area contributed by atoms with E-state index in [1.54, 1.807) is 12.3 Å². The number of hydrogen-bond donors (Lipinski definition) is 1. The molecule has 1 atom stereocenters. The molecule has 1 aliphatic rings. The molecule has 0 amide bonds. The second-order valence-corrected chi connectivity index (χ2v) is 4.80. The van der Waals surface area contributed by atoms with Gasteiger partial charge in [-0.3, -0.25) is 4.98 Å². The van der Waals surface area contributed by atoms with Crippen LogP contribution < -0.4 is 5.32 Å². The van der Waals surface area contributed by atoms with Gasteiger partial charge in [-0.05, 0) is 37.8 Å². The number of ether oxygens (including phenoxy) is 1. The fraction of sp³-hybridized carbons (Fsp3) is 0.643. The van der Waals surface area contributed by atoms with Gasteiger partial charge < -0.3 is 10.1 Å². The Morgan fingerprint density at radius 3 is 2.94 bits per heavy atom. The molecule has 1 N–H and O–H groups in total. The maximum atomic E-state index is 13.8. The molecule has 1 aromatic heterocycles. The lowest BCUT2D eigenvalue weighted by molar-refractivity contribution is 0.0604. The van der Waals surface area contributed by atoms with E-state index in [0.717, 1.165) is 44.6 Å². The zero-order valence-electron chi connectivity index (χ0n) is 10.9. The van der Waals surface area contributed by atoms with Crippen LogP contribution in [0.15, 0.2) is 18.5 Å². The number of nitrogens with zero attached hydrogens (tertiary/aromatic N) is 1. The van der Waals surface area contributed by atoms with Gasteiger partial charge in [0.25, 0.3) is 0 Å². The molecule has 0 saturated carbocycles. The molecule has 18 heavy (non-hydrogen) atoms. The molecule has 1 unspecified atom stereocenters. The molecule has 100 valence electrons. The summed E-state index contributed by atoms with van der Waals surface area (Å²) in [5.74, 6) is 0.408. The summed E-state index contributed by atoms with van der Waals surface area (Å²) in [7, 11) is 0. The first kappa shape index (κ1) is 13.4. The van der Waals surface area contributed by atoms with E-state index in [9.17, 15) is 4.39 Å². The maximum Gasteiger partial charge on any atom is 0.146 e. The molecule has 1 fully saturated rings. The van der Waals surface area contributed by atoms with Gasteiger partial charge in [-0.25, -0.2) is 4.39 Å². The van der Waals surface area contributed by atoms with Gasteiger partial charge in [0.15, 0.2) is 0 Å². The summed E-state index contributed by atoms with van der Waals surface area (Å²) in [6.07, 6.45) is 6.08. The summed E-state index contributed by atoms with van der Waals surface area (Å²) in [5.41, 5.74) is 0.735. The Morgan fingerprint density at radius 1 is 1.50 bits per heavy atom. The highest BCUT2D eigenvalue weighted by Crippen LogP contribution is 2.28. The largest absolute Gasteiger partial charge is 0.381 e. The third-order valence-electron chi connectivity index (χ3n) is 3.54. The predicted octanol–water partition coefficient (Wildman–Crippen LogP) is 2.69. The first-order valence-electron chi connectivity index (χ1n) is 6.71. The second kappa shape index (κ2) is 6.81. The van der Waals surface area contributed by atoms with Gasteiger partial charge in [-0.1, -0.05) is 6.92 Å². The summed E-state index contributed by atoms with van der Waals surface area (Å²) in [6.45, 7) is 4.57. The van der Waals surface area contributed by atoms with E-state index in [-0.39, 0.29) is 11.9 Å². The number of nitrogens with one attached hydrogen (secondary N) is 1. The topological polar surface area (TPSA) is 34.1 Å². The van der Waals surface area contributed by atoms with Crippen LogP contribution in [0.1, 0.15) is 37.8 Å². The van der Waals surface area contributed by atoms with Crippen LogP contribution >= 0.6 is 0 Å². The number of pyridine rings is 1. The van der Waals surface area contributed by atoms with Crippen LogP contribution in [-0.4, -0.2) is 24.7 Å². The van der Waals surface area contributed by atoms with Crippen molar-refractivity contribution in [1.29, 1.82) is 0 Å². The third-order valence-corrected chi connectivity index (χ3v) is 3.54. The average molecular weight is 252 g/mol. The Bertz CT molecular complexity index is 367. The lowest BCUT2D eigenvalue weighted by atomic mass is 9.89. The summed E-state index contributed by atoms with van der Waals surface area (Å²) < 4.78 is 19.2. The van der Waals surface area contributed by atoms with Gasteiger partial charge in [-0.15, -0.1) is 0 Å². The Hall–Kier alpha value is -1.00. The van der Waals surface area contributed by atoms with E-state index >= 15 is 0 Å². The first-order valence-corrected chi connectivity index (χ1v) is 6.71. The van der Waals surface area contributed by atoms with Crippen LogP contribution in [0.2, 0.25) is 0 Å². The van der Waals surface area contributed by atoms with E-state index in [1.165, 1.54) is 6.20 Å². The molecule has 0 radical (unpaired) electrons. The highest BCUT2D eigenvalue weighted by molar-refractivity contribution is 5.17. The Kier molecular flexibility index (Phi) is 5.08. The lowest BCUT2D eigenvalue weighted by Gasteiger charge is -2.27. The highest BCUT2D eigenvalue weighted by Gasteiger charge is 2.21. The van der Waals surface area contributed by atoms with Crippen molar-refractivity contribution in [3.8, 4) is 0 Å². The highest BCUT2D eigenvalue weighted by atomic mass is 19.1. The molecule has 2 heterocycles. The molecule has 1 saturated heterocycles. The Labute approximate surface area is 108 Å². The molecule has 4 heteroatoms. The van der Waals surface area contributed by atoms with Crippen molar-refractivity contribution < 1.29 is 9.13 Å². The molecule has 0 aromatic carbocycles. The van der Waals surface area contributed by atoms with Crippen LogP contribution in [0.4, 0.5) is 4.39 Å². The van der Waals surface area contributed by atoms with Gasteiger partial charge >= 0.3 is 0 Å². The predicted molar refractivity (Wildman–Crippen MR) is 68.8 cm³/mol. The molecule has 3 nitrogen and oxygen atoms in total. The van der Waals surface area contributed by atoms with Crippen molar-refractivity contribution in [3.63, 3.8) is 0 Å². The van der Waals surface area contributed by atoms with Crippen LogP contribution in [0.5, 0.6) is 0 Å². The van der Waals surface area contributed by atoms with Crippen molar-refractivity contribution in [2.24, 2.45) is 5.92 Å². The molecule has 0 bridgehead atoms. The maximum absolute atomic E-state index is 13.8. The molecule has 0 spiro atoms. The molecule has 1 aromatic rings. The van der Waals surface area contributed by atoms with E-state index in [0.29, 0.717) is 5.92 Å². The average Bonchev–Trinajstić information content (AvgIpc) is 2.40. The standard InChI is InChI=1S/C14H21FN2O/c1-2-17-14(9-11-4-7-18-8-5-11)12-3-6-16-10-13(12)15/h3,6,10-11,14,17H,2,4-5,7-9H2,1H3. The van der Waals surface area contributed by atoms with Gasteiger partial charge in [0.1, 0.15) is 5.82 Å². The number of rotatable bonds is 5. The van der Waals surface area contributed by atoms with Crippen molar-refractivity contribution in [3.05, 3.63) is 29.8 Å². The second-order valence-electron chi connectivity index (χ2n) is 4.80. The number of aromatic nitrogens is 1. The normalized spacial score (nSPS) is 18.8. The number of hydrogen-bond acceptors (Lipinski definition) is 3. The van der Waals surface area contributed by atoms with Crippen LogP contribution in [0, 0.1) is 11.7 Å². The zero-order valence-corrected chi connectivity index (χ0v) is 10.9. The molecule has 1 aliphatic heterocycles. The van der Waals surface area contributed by atoms with E-state index in [2.05, 4.69) is 17.2 Å². The fourth-order valence-electron chi connectivity index (χ4n) is 2.55. The summed E-state index contributed by atoms with van der Waals surface area (Å²) >= 11 is 0. The Balaban J connectivity index is 2.05. The molecule has 2 rings (SSSR count). The summed E-state index contributed by atoms with van der Waals surface area (Å²) in [5, 5.41) is 3.38. The number of halogens is 1. The minimum Gasteiger partial charge on any atom is -0.381 e. The van der Waals surface area contributed by atoms with Crippen molar-refractivity contribution >= 4 is 0 Å².